The van der Waals surface area contributed by atoms with E-state index in [0.29, 0.717) is 17.0 Å². The Balaban J connectivity index is 1.11. The fraction of sp³-hybridized carbons (Fsp3) is 0.0541. The Hall–Kier alpha value is -5.75. The summed E-state index contributed by atoms with van der Waals surface area (Å²) in [5.41, 5.74) is 6.41. The number of hydrogen-bond acceptors (Lipinski definition) is 5. The van der Waals surface area contributed by atoms with Gasteiger partial charge in [0.05, 0.1) is 23.7 Å². The average Bonchev–Trinajstić information content (AvgIpc) is 3.75. The zero-order valence-electron chi connectivity index (χ0n) is 23.3. The summed E-state index contributed by atoms with van der Waals surface area (Å²) in [6.45, 7) is 0. The van der Waals surface area contributed by atoms with Gasteiger partial charge in [-0.05, 0) is 77.4 Å². The number of nitrogens with one attached hydrogen (secondary N) is 1. The molecule has 5 aromatic rings. The van der Waals surface area contributed by atoms with Crippen LogP contribution in [0.3, 0.4) is 0 Å². The summed E-state index contributed by atoms with van der Waals surface area (Å²) in [5.74, 6) is 0.181. The van der Waals surface area contributed by atoms with Crippen LogP contribution < -0.4 is 10.3 Å². The monoisotopic (exact) mass is 563 g/mol. The van der Waals surface area contributed by atoms with E-state index in [9.17, 15) is 9.59 Å². The van der Waals surface area contributed by atoms with Crippen LogP contribution >= 0.6 is 0 Å². The molecule has 0 fully saturated rings. The summed E-state index contributed by atoms with van der Waals surface area (Å²) in [5, 5.41) is 9.88. The third-order valence-corrected chi connectivity index (χ3v) is 7.17. The molecule has 1 atom stereocenters. The molecule has 6 heteroatoms. The number of ketones is 1. The van der Waals surface area contributed by atoms with Gasteiger partial charge in [-0.2, -0.15) is 5.10 Å². The predicted octanol–water partition coefficient (Wildman–Crippen LogP) is 8.18. The van der Waals surface area contributed by atoms with Crippen molar-refractivity contribution in [1.29, 1.82) is 0 Å². The summed E-state index contributed by atoms with van der Waals surface area (Å²) >= 11 is 0. The van der Waals surface area contributed by atoms with Crippen molar-refractivity contribution in [3.8, 4) is 0 Å². The van der Waals surface area contributed by atoms with Crippen LogP contribution in [0.15, 0.2) is 149 Å². The second kappa shape index (κ2) is 12.8. The highest BCUT2D eigenvalue weighted by molar-refractivity contribution is 6.07. The Labute approximate surface area is 250 Å². The van der Waals surface area contributed by atoms with E-state index >= 15 is 0 Å². The lowest BCUT2D eigenvalue weighted by atomic mass is 9.98. The maximum absolute atomic E-state index is 12.8. The molecule has 1 aromatic heterocycles. The lowest BCUT2D eigenvalue weighted by Crippen LogP contribution is -2.18. The number of carbonyl (C=O) groups excluding carboxylic acids is 2. The van der Waals surface area contributed by atoms with Gasteiger partial charge >= 0.3 is 0 Å². The fourth-order valence-corrected chi connectivity index (χ4v) is 4.94. The van der Waals surface area contributed by atoms with Crippen LogP contribution in [0.25, 0.3) is 12.2 Å². The van der Waals surface area contributed by atoms with E-state index in [1.54, 1.807) is 60.9 Å². The summed E-state index contributed by atoms with van der Waals surface area (Å²) in [6.07, 6.45) is 8.71. The molecule has 2 heterocycles. The van der Waals surface area contributed by atoms with Crippen molar-refractivity contribution in [3.63, 3.8) is 0 Å². The topological polar surface area (TPSA) is 74.9 Å². The molecule has 0 aliphatic carbocycles. The highest BCUT2D eigenvalue weighted by Gasteiger charge is 2.29. The number of furan rings is 1. The van der Waals surface area contributed by atoms with Gasteiger partial charge in [0.2, 0.25) is 5.91 Å². The molecule has 0 saturated heterocycles. The minimum absolute atomic E-state index is 0.0964. The average molecular weight is 564 g/mol. The van der Waals surface area contributed by atoms with E-state index in [1.165, 1.54) is 11.6 Å². The number of rotatable bonds is 9. The third kappa shape index (κ3) is 6.77. The maximum atomic E-state index is 12.8. The SMILES string of the molecule is O=C(/C=C/c1ccco1)Nc1ccc(C(=O)/C=C/c2ccc(N3N=C(c4ccccc4)CC3c3ccccc3)cc2)cc1. The third-order valence-electron chi connectivity index (χ3n) is 7.17. The molecule has 6 nitrogen and oxygen atoms in total. The normalized spacial score (nSPS) is 14.7. The van der Waals surface area contributed by atoms with E-state index in [1.807, 2.05) is 48.5 Å². The first-order chi connectivity index (χ1) is 21.1. The Morgan fingerprint density at radius 2 is 1.49 bits per heavy atom. The van der Waals surface area contributed by atoms with Crippen molar-refractivity contribution in [1.82, 2.24) is 0 Å². The van der Waals surface area contributed by atoms with Crippen LogP contribution in [-0.4, -0.2) is 17.4 Å². The summed E-state index contributed by atoms with van der Waals surface area (Å²) < 4.78 is 5.18. The van der Waals surface area contributed by atoms with E-state index < -0.39 is 0 Å². The smallest absolute Gasteiger partial charge is 0.248 e. The van der Waals surface area contributed by atoms with Gasteiger partial charge in [-0.3, -0.25) is 14.6 Å². The lowest BCUT2D eigenvalue weighted by Gasteiger charge is -2.24. The summed E-state index contributed by atoms with van der Waals surface area (Å²) in [7, 11) is 0. The summed E-state index contributed by atoms with van der Waals surface area (Å²) in [6, 6.07) is 39.2. The van der Waals surface area contributed by atoms with Gasteiger partial charge < -0.3 is 9.73 Å². The minimum Gasteiger partial charge on any atom is -0.465 e. The van der Waals surface area contributed by atoms with Crippen molar-refractivity contribution in [2.24, 2.45) is 5.10 Å². The van der Waals surface area contributed by atoms with Crippen LogP contribution in [0.4, 0.5) is 11.4 Å². The first-order valence-electron chi connectivity index (χ1n) is 14.0. The van der Waals surface area contributed by atoms with E-state index in [2.05, 4.69) is 46.7 Å². The number of benzene rings is 4. The summed E-state index contributed by atoms with van der Waals surface area (Å²) in [4.78, 5) is 24.9. The van der Waals surface area contributed by atoms with Crippen LogP contribution in [0, 0.1) is 0 Å². The molecule has 0 saturated carbocycles. The molecule has 0 bridgehead atoms. The van der Waals surface area contributed by atoms with Crippen LogP contribution in [0.1, 0.15) is 45.3 Å². The van der Waals surface area contributed by atoms with Crippen LogP contribution in [-0.2, 0) is 4.79 Å². The van der Waals surface area contributed by atoms with E-state index in [0.717, 1.165) is 28.9 Å². The standard InChI is InChI=1S/C37H29N3O3/c41-36(30-16-18-31(19-17-30)38-37(42)24-22-33-12-7-25-43-33)23-15-27-13-20-32(21-14-27)40-35(29-10-5-2-6-11-29)26-34(39-40)28-8-3-1-4-9-28/h1-25,35H,26H2,(H,38,42)/b23-15+,24-22+. The molecule has 0 spiro atoms. The second-order valence-electron chi connectivity index (χ2n) is 10.1. The predicted molar refractivity (Wildman–Crippen MR) is 172 cm³/mol. The molecule has 210 valence electrons. The fourth-order valence-electron chi connectivity index (χ4n) is 4.94. The van der Waals surface area contributed by atoms with Crippen LogP contribution in [0.2, 0.25) is 0 Å². The highest BCUT2D eigenvalue weighted by atomic mass is 16.3. The Bertz CT molecular complexity index is 1770. The number of amides is 1. The largest absolute Gasteiger partial charge is 0.465 e. The molecule has 1 N–H and O–H groups in total. The quantitative estimate of drug-likeness (QED) is 0.145. The lowest BCUT2D eigenvalue weighted by molar-refractivity contribution is -0.111. The molecular formula is C37H29N3O3. The molecule has 6 rings (SSSR count). The van der Waals surface area contributed by atoms with Gasteiger partial charge in [0.25, 0.3) is 0 Å². The molecule has 0 radical (unpaired) electrons. The van der Waals surface area contributed by atoms with Gasteiger partial charge in [-0.1, -0.05) is 78.9 Å². The van der Waals surface area contributed by atoms with Crippen molar-refractivity contribution in [2.45, 2.75) is 12.5 Å². The zero-order valence-corrected chi connectivity index (χ0v) is 23.3. The second-order valence-corrected chi connectivity index (χ2v) is 10.1. The zero-order chi connectivity index (χ0) is 29.4. The van der Waals surface area contributed by atoms with Crippen molar-refractivity contribution >= 4 is 40.9 Å². The Morgan fingerprint density at radius 1 is 0.767 bits per heavy atom. The molecular weight excluding hydrogens is 534 g/mol. The molecule has 43 heavy (non-hydrogen) atoms. The highest BCUT2D eigenvalue weighted by Crippen LogP contribution is 2.36. The molecule has 4 aromatic carbocycles. The Kier molecular flexibility index (Phi) is 8.18. The molecule has 1 aliphatic rings. The van der Waals surface area contributed by atoms with Crippen molar-refractivity contribution < 1.29 is 14.0 Å². The van der Waals surface area contributed by atoms with E-state index in [4.69, 9.17) is 9.52 Å². The Morgan fingerprint density at radius 3 is 2.19 bits per heavy atom. The number of anilines is 2. The number of allylic oxidation sites excluding steroid dienone is 1. The van der Waals surface area contributed by atoms with E-state index in [-0.39, 0.29) is 17.7 Å². The molecule has 1 aliphatic heterocycles. The minimum atomic E-state index is -0.287. The molecule has 1 amide bonds. The van der Waals surface area contributed by atoms with Gasteiger partial charge in [-0.25, -0.2) is 0 Å². The maximum Gasteiger partial charge on any atom is 0.248 e. The number of hydrazone groups is 1. The first-order valence-corrected chi connectivity index (χ1v) is 14.0. The number of carbonyl (C=O) groups is 2. The van der Waals surface area contributed by atoms with Gasteiger partial charge in [0.15, 0.2) is 5.78 Å². The van der Waals surface area contributed by atoms with Gasteiger partial charge in [-0.15, -0.1) is 0 Å². The molecule has 1 unspecified atom stereocenters. The van der Waals surface area contributed by atoms with Gasteiger partial charge in [0.1, 0.15) is 5.76 Å². The number of hydrogen-bond donors (Lipinski definition) is 1. The van der Waals surface area contributed by atoms with Gasteiger partial charge in [0, 0.05) is 23.7 Å². The van der Waals surface area contributed by atoms with Crippen molar-refractivity contribution in [3.05, 3.63) is 168 Å². The van der Waals surface area contributed by atoms with Crippen molar-refractivity contribution in [2.75, 3.05) is 10.3 Å². The number of nitrogens with zero attached hydrogens (tertiary/aromatic N) is 2. The first kappa shape index (κ1) is 27.4. The van der Waals surface area contributed by atoms with Crippen LogP contribution in [0.5, 0.6) is 0 Å².